The monoisotopic (exact) mass is 477 g/mol. The Balaban J connectivity index is 1.67. The summed E-state index contributed by atoms with van der Waals surface area (Å²) in [4.78, 5) is 23.2. The first-order chi connectivity index (χ1) is 14.3. The van der Waals surface area contributed by atoms with Crippen LogP contribution >= 0.6 is 15.9 Å². The van der Waals surface area contributed by atoms with Crippen molar-refractivity contribution >= 4 is 27.9 Å². The van der Waals surface area contributed by atoms with Crippen LogP contribution in [-0.4, -0.2) is 41.3 Å². The highest BCUT2D eigenvalue weighted by molar-refractivity contribution is 9.10. The van der Waals surface area contributed by atoms with Gasteiger partial charge < -0.3 is 25.0 Å². The summed E-state index contributed by atoms with van der Waals surface area (Å²) >= 11 is 3.30. The molecule has 0 aromatic heterocycles. The molecule has 30 heavy (non-hydrogen) atoms. The van der Waals surface area contributed by atoms with Crippen molar-refractivity contribution in [3.05, 3.63) is 58.1 Å². The molecular weight excluding hydrogens is 454 g/mol. The molecule has 0 saturated carbocycles. The van der Waals surface area contributed by atoms with Crippen molar-refractivity contribution in [3.8, 4) is 11.5 Å². The van der Waals surface area contributed by atoms with Crippen LogP contribution in [0.1, 0.15) is 30.9 Å². The molecule has 1 saturated heterocycles. The maximum atomic E-state index is 11.6. The number of aliphatic carboxylic acids is 2. The molecule has 0 aliphatic carbocycles. The molecule has 0 unspecified atom stereocenters. The summed E-state index contributed by atoms with van der Waals surface area (Å²) in [5.74, 6) is -1.69. The van der Waals surface area contributed by atoms with E-state index >= 15 is 0 Å². The van der Waals surface area contributed by atoms with E-state index in [9.17, 15) is 19.8 Å². The fourth-order valence-electron chi connectivity index (χ4n) is 3.21. The quantitative estimate of drug-likeness (QED) is 0.498. The van der Waals surface area contributed by atoms with Crippen molar-refractivity contribution in [2.75, 3.05) is 13.1 Å². The molecule has 0 radical (unpaired) electrons. The number of rotatable bonds is 8. The van der Waals surface area contributed by atoms with Crippen molar-refractivity contribution in [2.45, 2.75) is 37.9 Å². The Morgan fingerprint density at radius 2 is 1.70 bits per heavy atom. The lowest BCUT2D eigenvalue weighted by Crippen LogP contribution is -2.40. The van der Waals surface area contributed by atoms with Crippen LogP contribution < -0.4 is 14.8 Å². The second-order valence-corrected chi connectivity index (χ2v) is 8.33. The predicted octanol–water partition coefficient (Wildman–Crippen LogP) is 3.59. The zero-order valence-electron chi connectivity index (χ0n) is 16.6. The van der Waals surface area contributed by atoms with E-state index in [1.807, 2.05) is 24.3 Å². The van der Waals surface area contributed by atoms with Crippen molar-refractivity contribution in [2.24, 2.45) is 0 Å². The molecule has 7 nitrogen and oxygen atoms in total. The van der Waals surface area contributed by atoms with E-state index < -0.39 is 17.4 Å². The van der Waals surface area contributed by atoms with E-state index in [4.69, 9.17) is 9.47 Å². The summed E-state index contributed by atoms with van der Waals surface area (Å²) < 4.78 is 12.3. The number of piperidine rings is 1. The largest absolute Gasteiger partial charge is 0.490 e. The van der Waals surface area contributed by atoms with Crippen LogP contribution in [0.5, 0.6) is 11.5 Å². The first kappa shape index (κ1) is 22.1. The van der Waals surface area contributed by atoms with Gasteiger partial charge in [0.1, 0.15) is 24.2 Å². The zero-order valence-corrected chi connectivity index (χ0v) is 18.1. The molecular formula is C22H24BrNO6. The first-order valence-corrected chi connectivity index (χ1v) is 10.5. The number of carboxylic acids is 2. The minimum atomic E-state index is -2.07. The third-order valence-corrected chi connectivity index (χ3v) is 5.68. The Bertz CT molecular complexity index is 894. The molecule has 1 fully saturated rings. The minimum absolute atomic E-state index is 0.123. The highest BCUT2D eigenvalue weighted by atomic mass is 79.9. The van der Waals surface area contributed by atoms with Crippen LogP contribution in [0.3, 0.4) is 0 Å². The molecule has 1 aliphatic rings. The number of nitrogens with one attached hydrogen (secondary N) is 1. The Morgan fingerprint density at radius 1 is 1.07 bits per heavy atom. The Labute approximate surface area is 183 Å². The molecule has 160 valence electrons. The van der Waals surface area contributed by atoms with Gasteiger partial charge in [0.15, 0.2) is 5.41 Å². The molecule has 0 atom stereocenters. The summed E-state index contributed by atoms with van der Waals surface area (Å²) in [5.41, 5.74) is -1.04. The highest BCUT2D eigenvalue weighted by Crippen LogP contribution is 2.32. The fourth-order valence-corrected chi connectivity index (χ4v) is 3.68. The van der Waals surface area contributed by atoms with Gasteiger partial charge in [-0.2, -0.15) is 0 Å². The molecule has 0 spiro atoms. The van der Waals surface area contributed by atoms with Gasteiger partial charge in [-0.05, 0) is 74.3 Å². The van der Waals surface area contributed by atoms with E-state index in [0.717, 1.165) is 44.2 Å². The Morgan fingerprint density at radius 3 is 2.30 bits per heavy atom. The Hall–Kier alpha value is -2.58. The predicted molar refractivity (Wildman–Crippen MR) is 114 cm³/mol. The molecule has 1 heterocycles. The fraction of sp³-hybridized carbons (Fsp3) is 0.364. The van der Waals surface area contributed by atoms with Crippen LogP contribution in [0.4, 0.5) is 0 Å². The van der Waals surface area contributed by atoms with Crippen molar-refractivity contribution in [1.82, 2.24) is 5.32 Å². The van der Waals surface area contributed by atoms with E-state index in [1.54, 1.807) is 6.07 Å². The molecule has 8 heteroatoms. The lowest BCUT2D eigenvalue weighted by molar-refractivity contribution is -0.156. The lowest BCUT2D eigenvalue weighted by Gasteiger charge is -2.23. The number of hydrogen-bond acceptors (Lipinski definition) is 5. The molecule has 2 aromatic carbocycles. The van der Waals surface area contributed by atoms with Crippen molar-refractivity contribution in [1.29, 1.82) is 0 Å². The second kappa shape index (κ2) is 9.49. The summed E-state index contributed by atoms with van der Waals surface area (Å²) in [5, 5.41) is 22.2. The second-order valence-electron chi connectivity index (χ2n) is 7.41. The van der Waals surface area contributed by atoms with Crippen LogP contribution in [0, 0.1) is 0 Å². The smallest absolute Gasteiger partial charge is 0.325 e. The van der Waals surface area contributed by atoms with E-state index in [1.165, 1.54) is 12.1 Å². The van der Waals surface area contributed by atoms with Crippen LogP contribution in [0.2, 0.25) is 0 Å². The van der Waals surface area contributed by atoms with Gasteiger partial charge in [0.05, 0.1) is 0 Å². The highest BCUT2D eigenvalue weighted by Gasteiger charge is 2.44. The molecule has 3 N–H and O–H groups in total. The number of halogens is 1. The minimum Gasteiger partial charge on any atom is -0.490 e. The standard InChI is InChI=1S/C22H24BrNO6/c1-22(20(25)26,21(27)28)15-10-16(23)12-19(11-15)29-13-14-2-4-17(5-3-14)30-18-6-8-24-9-7-18/h2-5,10-12,18,24H,6-9,13H2,1H3,(H,25,26)(H,27,28). The van der Waals surface area contributed by atoms with Crippen LogP contribution in [-0.2, 0) is 21.6 Å². The van der Waals surface area contributed by atoms with E-state index in [0.29, 0.717) is 10.2 Å². The van der Waals surface area contributed by atoms with Gasteiger partial charge in [-0.3, -0.25) is 9.59 Å². The Kier molecular flexibility index (Phi) is 6.99. The van der Waals surface area contributed by atoms with E-state index in [2.05, 4.69) is 21.2 Å². The third kappa shape index (κ3) is 5.12. The van der Waals surface area contributed by atoms with Gasteiger partial charge in [0.2, 0.25) is 0 Å². The summed E-state index contributed by atoms with van der Waals surface area (Å²) in [6, 6.07) is 12.2. The summed E-state index contributed by atoms with van der Waals surface area (Å²) in [7, 11) is 0. The third-order valence-electron chi connectivity index (χ3n) is 5.22. The van der Waals surface area contributed by atoms with Gasteiger partial charge in [-0.15, -0.1) is 0 Å². The van der Waals surface area contributed by atoms with Gasteiger partial charge in [0, 0.05) is 4.47 Å². The first-order valence-electron chi connectivity index (χ1n) is 9.66. The van der Waals surface area contributed by atoms with Crippen molar-refractivity contribution < 1.29 is 29.3 Å². The zero-order chi connectivity index (χ0) is 21.7. The molecule has 2 aromatic rings. The van der Waals surface area contributed by atoms with Gasteiger partial charge in [0.25, 0.3) is 0 Å². The molecule has 1 aliphatic heterocycles. The topological polar surface area (TPSA) is 105 Å². The normalized spacial score (nSPS) is 14.9. The maximum Gasteiger partial charge on any atom is 0.325 e. The van der Waals surface area contributed by atoms with E-state index in [-0.39, 0.29) is 18.3 Å². The molecule has 3 rings (SSSR count). The lowest BCUT2D eigenvalue weighted by atomic mass is 9.82. The SMILES string of the molecule is CC(C(=O)O)(C(=O)O)c1cc(Br)cc(OCc2ccc(OC3CCNCC3)cc2)c1. The van der Waals surface area contributed by atoms with Gasteiger partial charge in [-0.25, -0.2) is 0 Å². The number of carboxylic acid groups (broad SMARTS) is 2. The molecule has 0 bridgehead atoms. The average Bonchev–Trinajstić information content (AvgIpc) is 2.72. The molecule has 0 amide bonds. The number of carbonyl (C=O) groups is 2. The number of ether oxygens (including phenoxy) is 2. The number of hydrogen-bond donors (Lipinski definition) is 3. The summed E-state index contributed by atoms with van der Waals surface area (Å²) in [6.45, 7) is 3.34. The number of benzene rings is 2. The van der Waals surface area contributed by atoms with Gasteiger partial charge in [-0.1, -0.05) is 28.1 Å². The van der Waals surface area contributed by atoms with Crippen molar-refractivity contribution in [3.63, 3.8) is 0 Å². The van der Waals surface area contributed by atoms with Gasteiger partial charge >= 0.3 is 11.9 Å². The maximum absolute atomic E-state index is 11.6. The average molecular weight is 478 g/mol. The van der Waals surface area contributed by atoms with Crippen LogP contribution in [0.15, 0.2) is 46.9 Å². The van der Waals surface area contributed by atoms with Crippen LogP contribution in [0.25, 0.3) is 0 Å². The summed E-state index contributed by atoms with van der Waals surface area (Å²) in [6.07, 6.45) is 2.20.